The van der Waals surface area contributed by atoms with E-state index in [-0.39, 0.29) is 0 Å². The molecular formula is C14H25BrN2S. The Balaban J connectivity index is 2.01. The van der Waals surface area contributed by atoms with Crippen LogP contribution in [-0.4, -0.2) is 31.6 Å². The summed E-state index contributed by atoms with van der Waals surface area (Å²) in [4.78, 5) is 2.40. The molecule has 0 aromatic carbocycles. The van der Waals surface area contributed by atoms with Crippen LogP contribution in [0.25, 0.3) is 0 Å². The van der Waals surface area contributed by atoms with Gasteiger partial charge < -0.3 is 10.2 Å². The first-order chi connectivity index (χ1) is 8.58. The molecule has 1 heterocycles. The van der Waals surface area contributed by atoms with Crippen molar-refractivity contribution in [3.8, 4) is 0 Å². The first-order valence-corrected chi connectivity index (χ1v) is 8.37. The van der Waals surface area contributed by atoms with Gasteiger partial charge in [-0.2, -0.15) is 0 Å². The highest BCUT2D eigenvalue weighted by Gasteiger charge is 2.02. The van der Waals surface area contributed by atoms with Gasteiger partial charge in [0.1, 0.15) is 0 Å². The molecule has 0 saturated carbocycles. The van der Waals surface area contributed by atoms with Gasteiger partial charge in [0.05, 0.1) is 3.79 Å². The Kier molecular flexibility index (Phi) is 8.15. The molecular weight excluding hydrogens is 308 g/mol. The van der Waals surface area contributed by atoms with Crippen molar-refractivity contribution >= 4 is 27.3 Å². The highest BCUT2D eigenvalue weighted by molar-refractivity contribution is 9.11. The van der Waals surface area contributed by atoms with Gasteiger partial charge in [-0.25, -0.2) is 0 Å². The number of nitrogens with one attached hydrogen (secondary N) is 1. The van der Waals surface area contributed by atoms with E-state index in [0.29, 0.717) is 0 Å². The first-order valence-electron chi connectivity index (χ1n) is 6.70. The van der Waals surface area contributed by atoms with Crippen molar-refractivity contribution in [3.63, 3.8) is 0 Å². The standard InChI is InChI=1S/C14H25BrN2S/c1-12(2)9-16-6-4-5-7-17(3)10-13-8-14(15)18-11-13/h8,11-12,16H,4-7,9-10H2,1-3H3. The number of hydrogen-bond acceptors (Lipinski definition) is 3. The molecule has 0 saturated heterocycles. The Morgan fingerprint density at radius 2 is 2.17 bits per heavy atom. The molecule has 18 heavy (non-hydrogen) atoms. The average molecular weight is 333 g/mol. The van der Waals surface area contributed by atoms with Crippen LogP contribution < -0.4 is 5.32 Å². The summed E-state index contributed by atoms with van der Waals surface area (Å²) >= 11 is 5.27. The third kappa shape index (κ3) is 7.52. The van der Waals surface area contributed by atoms with Crippen LogP contribution in [0.5, 0.6) is 0 Å². The quantitative estimate of drug-likeness (QED) is 0.688. The predicted octanol–water partition coefficient (Wildman–Crippen LogP) is 3.97. The van der Waals surface area contributed by atoms with Crippen molar-refractivity contribution < 1.29 is 0 Å². The van der Waals surface area contributed by atoms with Gasteiger partial charge in [-0.3, -0.25) is 0 Å². The molecule has 4 heteroatoms. The highest BCUT2D eigenvalue weighted by atomic mass is 79.9. The Labute approximate surface area is 124 Å². The van der Waals surface area contributed by atoms with Crippen molar-refractivity contribution in [2.45, 2.75) is 33.2 Å². The number of thiophene rings is 1. The van der Waals surface area contributed by atoms with E-state index in [2.05, 4.69) is 58.5 Å². The van der Waals surface area contributed by atoms with Crippen LogP contribution in [-0.2, 0) is 6.54 Å². The summed E-state index contributed by atoms with van der Waals surface area (Å²) in [6.45, 7) is 9.02. The molecule has 0 aliphatic carbocycles. The SMILES string of the molecule is CC(C)CNCCCCN(C)Cc1csc(Br)c1. The number of unbranched alkanes of at least 4 members (excludes halogenated alkanes) is 1. The zero-order chi connectivity index (χ0) is 13.4. The topological polar surface area (TPSA) is 15.3 Å². The lowest BCUT2D eigenvalue weighted by molar-refractivity contribution is 0.317. The zero-order valence-electron chi connectivity index (χ0n) is 11.7. The summed E-state index contributed by atoms with van der Waals surface area (Å²) in [7, 11) is 2.20. The lowest BCUT2D eigenvalue weighted by Gasteiger charge is -2.15. The van der Waals surface area contributed by atoms with Crippen LogP contribution >= 0.6 is 27.3 Å². The lowest BCUT2D eigenvalue weighted by atomic mass is 10.2. The zero-order valence-corrected chi connectivity index (χ0v) is 14.1. The second kappa shape index (κ2) is 9.08. The number of rotatable bonds is 9. The van der Waals surface area contributed by atoms with Crippen molar-refractivity contribution in [1.29, 1.82) is 0 Å². The number of nitrogens with zero attached hydrogens (tertiary/aromatic N) is 1. The molecule has 0 aliphatic heterocycles. The van der Waals surface area contributed by atoms with E-state index in [1.165, 1.54) is 28.7 Å². The minimum atomic E-state index is 0.754. The molecule has 0 atom stereocenters. The Morgan fingerprint density at radius 1 is 1.39 bits per heavy atom. The fraction of sp³-hybridized carbons (Fsp3) is 0.714. The minimum Gasteiger partial charge on any atom is -0.316 e. The van der Waals surface area contributed by atoms with E-state index < -0.39 is 0 Å². The van der Waals surface area contributed by atoms with Gasteiger partial charge in [-0.05, 0) is 78.4 Å². The van der Waals surface area contributed by atoms with E-state index in [4.69, 9.17) is 0 Å². The fourth-order valence-electron chi connectivity index (χ4n) is 1.84. The van der Waals surface area contributed by atoms with E-state index in [9.17, 15) is 0 Å². The van der Waals surface area contributed by atoms with Gasteiger partial charge in [0.25, 0.3) is 0 Å². The molecule has 0 fully saturated rings. The molecule has 1 N–H and O–H groups in total. The lowest BCUT2D eigenvalue weighted by Crippen LogP contribution is -2.23. The van der Waals surface area contributed by atoms with Gasteiger partial charge in [-0.15, -0.1) is 11.3 Å². The molecule has 2 nitrogen and oxygen atoms in total. The van der Waals surface area contributed by atoms with Crippen LogP contribution in [0.15, 0.2) is 15.2 Å². The summed E-state index contributed by atoms with van der Waals surface area (Å²) in [5.41, 5.74) is 1.41. The van der Waals surface area contributed by atoms with Gasteiger partial charge in [0, 0.05) is 6.54 Å². The molecule has 1 aromatic rings. The predicted molar refractivity (Wildman–Crippen MR) is 85.3 cm³/mol. The van der Waals surface area contributed by atoms with Crippen molar-refractivity contribution in [2.24, 2.45) is 5.92 Å². The summed E-state index contributed by atoms with van der Waals surface area (Å²) < 4.78 is 1.23. The molecule has 1 aromatic heterocycles. The molecule has 0 radical (unpaired) electrons. The summed E-state index contributed by atoms with van der Waals surface area (Å²) in [6.07, 6.45) is 2.54. The van der Waals surface area contributed by atoms with Crippen molar-refractivity contribution in [3.05, 3.63) is 20.8 Å². The average Bonchev–Trinajstić information content (AvgIpc) is 2.68. The third-order valence-corrected chi connectivity index (χ3v) is 4.32. The molecule has 104 valence electrons. The van der Waals surface area contributed by atoms with Gasteiger partial charge in [0.2, 0.25) is 0 Å². The first kappa shape index (κ1) is 16.2. The van der Waals surface area contributed by atoms with E-state index in [0.717, 1.165) is 25.6 Å². The Bertz CT molecular complexity index is 325. The van der Waals surface area contributed by atoms with Crippen LogP contribution in [0, 0.1) is 5.92 Å². The van der Waals surface area contributed by atoms with Crippen LogP contribution in [0.2, 0.25) is 0 Å². The van der Waals surface area contributed by atoms with Gasteiger partial charge in [0.15, 0.2) is 0 Å². The van der Waals surface area contributed by atoms with Gasteiger partial charge in [-0.1, -0.05) is 13.8 Å². The second-order valence-electron chi connectivity index (χ2n) is 5.30. The van der Waals surface area contributed by atoms with Gasteiger partial charge >= 0.3 is 0 Å². The second-order valence-corrected chi connectivity index (χ2v) is 7.59. The maximum Gasteiger partial charge on any atom is 0.0701 e. The maximum atomic E-state index is 3.51. The fourth-order valence-corrected chi connectivity index (χ4v) is 3.04. The number of hydrogen-bond donors (Lipinski definition) is 1. The molecule has 0 unspecified atom stereocenters. The third-order valence-electron chi connectivity index (χ3n) is 2.77. The van der Waals surface area contributed by atoms with Crippen molar-refractivity contribution in [2.75, 3.05) is 26.7 Å². The van der Waals surface area contributed by atoms with Crippen LogP contribution in [0.1, 0.15) is 32.3 Å². The minimum absolute atomic E-state index is 0.754. The van der Waals surface area contributed by atoms with Crippen LogP contribution in [0.4, 0.5) is 0 Å². The Hall–Kier alpha value is 0.100. The molecule has 0 bridgehead atoms. The largest absolute Gasteiger partial charge is 0.316 e. The van der Waals surface area contributed by atoms with E-state index in [1.807, 2.05) is 0 Å². The summed E-state index contributed by atoms with van der Waals surface area (Å²) in [6, 6.07) is 2.21. The number of halogens is 1. The maximum absolute atomic E-state index is 3.51. The van der Waals surface area contributed by atoms with Crippen molar-refractivity contribution in [1.82, 2.24) is 10.2 Å². The molecule has 1 rings (SSSR count). The van der Waals surface area contributed by atoms with E-state index >= 15 is 0 Å². The molecule has 0 aliphatic rings. The van der Waals surface area contributed by atoms with Crippen LogP contribution in [0.3, 0.4) is 0 Å². The highest BCUT2D eigenvalue weighted by Crippen LogP contribution is 2.21. The summed E-state index contributed by atoms with van der Waals surface area (Å²) in [5.74, 6) is 0.754. The van der Waals surface area contributed by atoms with E-state index in [1.54, 1.807) is 11.3 Å². The summed E-state index contributed by atoms with van der Waals surface area (Å²) in [5, 5.41) is 5.72. The molecule has 0 amide bonds. The normalized spacial score (nSPS) is 11.7. The Morgan fingerprint density at radius 3 is 2.78 bits per heavy atom. The monoisotopic (exact) mass is 332 g/mol. The molecule has 0 spiro atoms. The smallest absolute Gasteiger partial charge is 0.0701 e.